The highest BCUT2D eigenvalue weighted by molar-refractivity contribution is 5.76. The topological polar surface area (TPSA) is 265 Å². The van der Waals surface area contributed by atoms with Crippen molar-refractivity contribution in [3.8, 4) is 0 Å². The smallest absolute Gasteiger partial charge is 0.364 e. The molecule has 0 radical (unpaired) electrons. The van der Waals surface area contributed by atoms with Crippen molar-refractivity contribution < 1.29 is 69.4 Å². The van der Waals surface area contributed by atoms with E-state index in [4.69, 9.17) is 19.3 Å². The van der Waals surface area contributed by atoms with Gasteiger partial charge in [-0.3, -0.25) is 9.59 Å². The average Bonchev–Trinajstić information content (AvgIpc) is 2.78. The Morgan fingerprint density at radius 2 is 1.60 bits per heavy atom. The van der Waals surface area contributed by atoms with E-state index in [1.54, 1.807) is 0 Å². The molecule has 0 aromatic rings. The van der Waals surface area contributed by atoms with Crippen LogP contribution in [0.4, 0.5) is 0 Å². The lowest BCUT2D eigenvalue weighted by Gasteiger charge is -2.47. The number of aliphatic carboxylic acids is 1. The number of carboxylic acids is 1. The van der Waals surface area contributed by atoms with Crippen LogP contribution in [0, 0.1) is 0 Å². The predicted molar refractivity (Wildman–Crippen MR) is 109 cm³/mol. The molecule has 10 N–H and O–H groups in total. The molecule has 0 saturated carbocycles. The van der Waals surface area contributed by atoms with Crippen molar-refractivity contribution in [2.75, 3.05) is 13.2 Å². The fourth-order valence-corrected chi connectivity index (χ4v) is 3.97. The second-order valence-electron chi connectivity index (χ2n) is 8.46. The Labute approximate surface area is 199 Å². The number of rotatable bonds is 9. The Hall–Kier alpha value is -1.99. The van der Waals surface area contributed by atoms with Crippen molar-refractivity contribution in [3.05, 3.63) is 0 Å². The molecule has 2 aliphatic heterocycles. The Morgan fingerprint density at radius 3 is 2.11 bits per heavy atom. The molecule has 0 aromatic heterocycles. The maximum absolute atomic E-state index is 12.1. The van der Waals surface area contributed by atoms with Gasteiger partial charge in [-0.05, 0) is 0 Å². The fraction of sp³-hybridized carbons (Fsp3) is 0.842. The van der Waals surface area contributed by atoms with E-state index in [1.807, 2.05) is 0 Å². The molecule has 35 heavy (non-hydrogen) atoms. The zero-order chi connectivity index (χ0) is 26.7. The van der Waals surface area contributed by atoms with Crippen molar-refractivity contribution in [1.82, 2.24) is 10.6 Å². The molecule has 16 nitrogen and oxygen atoms in total. The first-order valence-corrected chi connectivity index (χ1v) is 10.7. The van der Waals surface area contributed by atoms with E-state index in [0.717, 1.165) is 13.8 Å². The van der Waals surface area contributed by atoms with Crippen molar-refractivity contribution in [2.45, 2.75) is 87.2 Å². The van der Waals surface area contributed by atoms with Gasteiger partial charge in [0.15, 0.2) is 6.29 Å². The van der Waals surface area contributed by atoms with Crippen LogP contribution in [0.15, 0.2) is 0 Å². The van der Waals surface area contributed by atoms with E-state index >= 15 is 0 Å². The van der Waals surface area contributed by atoms with Crippen LogP contribution < -0.4 is 10.6 Å². The van der Waals surface area contributed by atoms with Crippen LogP contribution in [0.1, 0.15) is 20.3 Å². The van der Waals surface area contributed by atoms with E-state index in [-0.39, 0.29) is 0 Å². The van der Waals surface area contributed by atoms with Crippen molar-refractivity contribution >= 4 is 17.8 Å². The van der Waals surface area contributed by atoms with Gasteiger partial charge >= 0.3 is 5.97 Å². The highest BCUT2D eigenvalue weighted by Crippen LogP contribution is 2.34. The van der Waals surface area contributed by atoms with Gasteiger partial charge in [-0.25, -0.2) is 4.79 Å². The van der Waals surface area contributed by atoms with Crippen molar-refractivity contribution in [1.29, 1.82) is 0 Å². The summed E-state index contributed by atoms with van der Waals surface area (Å²) in [5.41, 5.74) is 0. The van der Waals surface area contributed by atoms with Gasteiger partial charge in [-0.2, -0.15) is 0 Å². The SMILES string of the molecule is CC(=O)NC1C(O)OC(COC2(C(=O)O)CC(O)C(NC(C)=O)C([C@H](O)[C@H](O)CO)O2)C(O)C1O. The van der Waals surface area contributed by atoms with Gasteiger partial charge in [0.05, 0.1) is 25.4 Å². The van der Waals surface area contributed by atoms with Crippen LogP contribution in [0.2, 0.25) is 0 Å². The predicted octanol–water partition coefficient (Wildman–Crippen LogP) is -5.90. The van der Waals surface area contributed by atoms with E-state index in [1.165, 1.54) is 0 Å². The lowest BCUT2D eigenvalue weighted by atomic mass is 9.88. The van der Waals surface area contributed by atoms with E-state index in [9.17, 15) is 50.1 Å². The first kappa shape index (κ1) is 29.2. The molecule has 2 heterocycles. The molecule has 2 amide bonds. The summed E-state index contributed by atoms with van der Waals surface area (Å²) in [6.45, 7) is 0.409. The van der Waals surface area contributed by atoms with Crippen LogP contribution >= 0.6 is 0 Å². The summed E-state index contributed by atoms with van der Waals surface area (Å²) in [4.78, 5) is 34.9. The number of carbonyl (C=O) groups is 3. The minimum absolute atomic E-state index is 0.628. The fourth-order valence-electron chi connectivity index (χ4n) is 3.97. The van der Waals surface area contributed by atoms with E-state index < -0.39 is 104 Å². The number of ether oxygens (including phenoxy) is 3. The third-order valence-electron chi connectivity index (χ3n) is 5.76. The standard InChI is InChI=1S/C19H32N2O14/c1-6(23)20-11-8(25)3-19(18(31)32,35-16(11)13(27)9(26)4-22)33-5-10-14(28)15(29)12(17(30)34-10)21-7(2)24/h8-17,22,25-30H,3-5H2,1-2H3,(H,20,23)(H,21,24)(H,31,32)/t8?,9-,10?,11?,12?,13-,14?,15?,16?,17?,19?/m1/s1. The van der Waals surface area contributed by atoms with Gasteiger partial charge in [0, 0.05) is 20.3 Å². The lowest BCUT2D eigenvalue weighted by molar-refractivity contribution is -0.328. The number of amides is 2. The zero-order valence-corrected chi connectivity index (χ0v) is 18.9. The molecule has 16 heteroatoms. The van der Waals surface area contributed by atoms with Gasteiger partial charge in [0.1, 0.15) is 42.7 Å². The molecule has 0 bridgehead atoms. The van der Waals surface area contributed by atoms with E-state index in [0.29, 0.717) is 0 Å². The summed E-state index contributed by atoms with van der Waals surface area (Å²) in [5.74, 6) is -5.80. The van der Waals surface area contributed by atoms with E-state index in [2.05, 4.69) is 10.6 Å². The van der Waals surface area contributed by atoms with Crippen molar-refractivity contribution in [3.63, 3.8) is 0 Å². The van der Waals surface area contributed by atoms with Gasteiger partial charge in [-0.1, -0.05) is 0 Å². The number of hydrogen-bond donors (Lipinski definition) is 10. The third kappa shape index (κ3) is 6.62. The molecule has 0 aliphatic carbocycles. The highest BCUT2D eigenvalue weighted by Gasteiger charge is 2.56. The molecular formula is C19H32N2O14. The first-order chi connectivity index (χ1) is 16.2. The maximum atomic E-state index is 12.1. The quantitative estimate of drug-likeness (QED) is 0.138. The molecular weight excluding hydrogens is 480 g/mol. The monoisotopic (exact) mass is 512 g/mol. The number of hydrogen-bond acceptors (Lipinski definition) is 13. The van der Waals surface area contributed by atoms with Crippen LogP contribution in [0.5, 0.6) is 0 Å². The zero-order valence-electron chi connectivity index (χ0n) is 18.9. The molecule has 202 valence electrons. The van der Waals surface area contributed by atoms with Crippen LogP contribution in [0.3, 0.4) is 0 Å². The molecule has 0 aromatic carbocycles. The van der Waals surface area contributed by atoms with Crippen molar-refractivity contribution in [2.24, 2.45) is 0 Å². The second-order valence-corrected chi connectivity index (χ2v) is 8.46. The average molecular weight is 512 g/mol. The normalized spacial score (nSPS) is 39.3. The number of nitrogens with one attached hydrogen (secondary N) is 2. The minimum Gasteiger partial charge on any atom is -0.477 e. The van der Waals surface area contributed by atoms with Crippen LogP contribution in [0.25, 0.3) is 0 Å². The second kappa shape index (κ2) is 11.8. The molecule has 2 fully saturated rings. The summed E-state index contributed by atoms with van der Waals surface area (Å²) in [6.07, 6.45) is -14.9. The summed E-state index contributed by atoms with van der Waals surface area (Å²) in [7, 11) is 0. The molecule has 11 atom stereocenters. The van der Waals surface area contributed by atoms with Crippen LogP contribution in [-0.2, 0) is 28.6 Å². The van der Waals surface area contributed by atoms with Gasteiger partial charge in [-0.15, -0.1) is 0 Å². The van der Waals surface area contributed by atoms with Crippen LogP contribution in [-0.4, -0.2) is 139 Å². The largest absolute Gasteiger partial charge is 0.477 e. The summed E-state index contributed by atoms with van der Waals surface area (Å²) >= 11 is 0. The number of carbonyl (C=O) groups excluding carboxylic acids is 2. The first-order valence-electron chi connectivity index (χ1n) is 10.7. The summed E-state index contributed by atoms with van der Waals surface area (Å²) in [6, 6.07) is -2.80. The van der Waals surface area contributed by atoms with Gasteiger partial charge in [0.25, 0.3) is 5.79 Å². The molecule has 0 spiro atoms. The third-order valence-corrected chi connectivity index (χ3v) is 5.76. The Bertz CT molecular complexity index is 770. The number of aliphatic hydroxyl groups excluding tert-OH is 7. The minimum atomic E-state index is -2.71. The summed E-state index contributed by atoms with van der Waals surface area (Å²) < 4.78 is 15.9. The van der Waals surface area contributed by atoms with Gasteiger partial charge in [0.2, 0.25) is 11.8 Å². The maximum Gasteiger partial charge on any atom is 0.364 e. The molecule has 2 rings (SSSR count). The molecule has 2 aliphatic rings. The Morgan fingerprint density at radius 1 is 1.03 bits per heavy atom. The number of aliphatic hydroxyl groups is 7. The molecule has 2 saturated heterocycles. The molecule has 9 unspecified atom stereocenters. The summed E-state index contributed by atoms with van der Waals surface area (Å²) in [5, 5.41) is 84.9. The Kier molecular flexibility index (Phi) is 9.88. The highest BCUT2D eigenvalue weighted by atomic mass is 16.7. The van der Waals surface area contributed by atoms with Gasteiger partial charge < -0.3 is 65.7 Å². The lowest BCUT2D eigenvalue weighted by Crippen LogP contribution is -2.68. The number of carboxylic acid groups (broad SMARTS) is 1. The Balaban J connectivity index is 2.25.